The van der Waals surface area contributed by atoms with Gasteiger partial charge in [-0.3, -0.25) is 0 Å². The van der Waals surface area contributed by atoms with Crippen LogP contribution < -0.4 is 10.5 Å². The molecule has 0 bridgehead atoms. The minimum Gasteiger partial charge on any atom is -0.329 e. The highest BCUT2D eigenvalue weighted by atomic mass is 35.5. The summed E-state index contributed by atoms with van der Waals surface area (Å²) >= 11 is 5.76. The van der Waals surface area contributed by atoms with E-state index < -0.39 is 21.9 Å². The second-order valence-corrected chi connectivity index (χ2v) is 7.44. The third-order valence-corrected chi connectivity index (χ3v) is 4.72. The van der Waals surface area contributed by atoms with Crippen LogP contribution in [0.25, 0.3) is 0 Å². The largest absolute Gasteiger partial charge is 0.329 e. The van der Waals surface area contributed by atoms with Gasteiger partial charge >= 0.3 is 0 Å². The molecule has 19 heavy (non-hydrogen) atoms. The highest BCUT2D eigenvalue weighted by Gasteiger charge is 2.29. The molecule has 0 aliphatic carbocycles. The number of hydrogen-bond donors (Lipinski definition) is 2. The van der Waals surface area contributed by atoms with Crippen molar-refractivity contribution in [3.8, 4) is 0 Å². The lowest BCUT2D eigenvalue weighted by Crippen LogP contribution is -2.48. The standard InChI is InChI=1S/C12H18ClFN2O2S/c1-12(2,3)11(7-15)16-19(17,18)10-5-4-8(14)6-9(10)13/h4-6,11,16H,7,15H2,1-3H3. The average Bonchev–Trinajstić information content (AvgIpc) is 2.23. The van der Waals surface area contributed by atoms with Crippen molar-refractivity contribution in [1.29, 1.82) is 0 Å². The van der Waals surface area contributed by atoms with Crippen LogP contribution in [0.3, 0.4) is 0 Å². The molecule has 0 spiro atoms. The van der Waals surface area contributed by atoms with E-state index in [-0.39, 0.29) is 21.9 Å². The Morgan fingerprint density at radius 1 is 1.42 bits per heavy atom. The molecule has 0 heterocycles. The molecule has 3 N–H and O–H groups in total. The van der Waals surface area contributed by atoms with Gasteiger partial charge in [0.15, 0.2) is 0 Å². The summed E-state index contributed by atoms with van der Waals surface area (Å²) in [4.78, 5) is -0.154. The highest BCUT2D eigenvalue weighted by molar-refractivity contribution is 7.89. The Kier molecular flexibility index (Phi) is 4.95. The maximum Gasteiger partial charge on any atom is 0.242 e. The molecule has 4 nitrogen and oxygen atoms in total. The zero-order valence-corrected chi connectivity index (χ0v) is 12.6. The zero-order chi connectivity index (χ0) is 14.8. The lowest BCUT2D eigenvalue weighted by atomic mass is 9.88. The Morgan fingerprint density at radius 3 is 2.42 bits per heavy atom. The van der Waals surface area contributed by atoms with E-state index in [1.165, 1.54) is 0 Å². The van der Waals surface area contributed by atoms with Gasteiger partial charge in [0.2, 0.25) is 10.0 Å². The molecule has 1 aromatic carbocycles. The summed E-state index contributed by atoms with van der Waals surface area (Å²) < 4.78 is 39.8. The molecule has 0 amide bonds. The minimum absolute atomic E-state index is 0.154. The average molecular weight is 309 g/mol. The van der Waals surface area contributed by atoms with Gasteiger partial charge in [0.25, 0.3) is 0 Å². The third-order valence-electron chi connectivity index (χ3n) is 2.76. The molecule has 0 saturated carbocycles. The molecule has 0 aliphatic heterocycles. The Labute approximate surface area is 118 Å². The SMILES string of the molecule is CC(C)(C)C(CN)NS(=O)(=O)c1ccc(F)cc1Cl. The molecule has 0 fully saturated rings. The van der Waals surface area contributed by atoms with Crippen LogP contribution in [0.4, 0.5) is 4.39 Å². The summed E-state index contributed by atoms with van der Waals surface area (Å²) in [5.74, 6) is -0.588. The van der Waals surface area contributed by atoms with E-state index >= 15 is 0 Å². The van der Waals surface area contributed by atoms with Crippen molar-refractivity contribution in [2.75, 3.05) is 6.54 Å². The highest BCUT2D eigenvalue weighted by Crippen LogP contribution is 2.25. The summed E-state index contributed by atoms with van der Waals surface area (Å²) in [5, 5.41) is -0.155. The van der Waals surface area contributed by atoms with E-state index in [9.17, 15) is 12.8 Å². The maximum atomic E-state index is 12.9. The molecule has 108 valence electrons. The predicted molar refractivity (Wildman–Crippen MR) is 74.0 cm³/mol. The number of rotatable bonds is 4. The fourth-order valence-corrected chi connectivity index (χ4v) is 3.51. The molecule has 7 heteroatoms. The molecule has 1 aromatic rings. The summed E-state index contributed by atoms with van der Waals surface area (Å²) in [5.41, 5.74) is 5.25. The van der Waals surface area contributed by atoms with Crippen molar-refractivity contribution in [2.24, 2.45) is 11.1 Å². The Bertz CT molecular complexity index is 555. The molecule has 0 radical (unpaired) electrons. The molecule has 1 atom stereocenters. The van der Waals surface area contributed by atoms with Crippen LogP contribution >= 0.6 is 11.6 Å². The van der Waals surface area contributed by atoms with Gasteiger partial charge in [-0.1, -0.05) is 32.4 Å². The maximum absolute atomic E-state index is 12.9. The van der Waals surface area contributed by atoms with Gasteiger partial charge in [0, 0.05) is 12.6 Å². The van der Waals surface area contributed by atoms with E-state index in [1.807, 2.05) is 20.8 Å². The second kappa shape index (κ2) is 5.75. The Morgan fingerprint density at radius 2 is 2.00 bits per heavy atom. The third kappa shape index (κ3) is 4.14. The van der Waals surface area contributed by atoms with Crippen LogP contribution in [0, 0.1) is 11.2 Å². The number of sulfonamides is 1. The quantitative estimate of drug-likeness (QED) is 0.895. The van der Waals surface area contributed by atoms with Gasteiger partial charge in [0.05, 0.1) is 5.02 Å². The number of nitrogens with two attached hydrogens (primary N) is 1. The predicted octanol–water partition coefficient (Wildman–Crippen LogP) is 2.13. The van der Waals surface area contributed by atoms with Crippen LogP contribution in [0.2, 0.25) is 5.02 Å². The van der Waals surface area contributed by atoms with Gasteiger partial charge in [-0.25, -0.2) is 17.5 Å². The normalized spacial score (nSPS) is 14.4. The van der Waals surface area contributed by atoms with Gasteiger partial charge in [-0.15, -0.1) is 0 Å². The van der Waals surface area contributed by atoms with E-state index in [4.69, 9.17) is 17.3 Å². The second-order valence-electron chi connectivity index (χ2n) is 5.35. The number of nitrogens with one attached hydrogen (secondary N) is 1. The van der Waals surface area contributed by atoms with E-state index in [0.717, 1.165) is 18.2 Å². The molecular weight excluding hydrogens is 291 g/mol. The van der Waals surface area contributed by atoms with Crippen LogP contribution in [-0.2, 0) is 10.0 Å². The topological polar surface area (TPSA) is 72.2 Å². The summed E-state index contributed by atoms with van der Waals surface area (Å²) in [7, 11) is -3.83. The van der Waals surface area contributed by atoms with Crippen molar-refractivity contribution in [2.45, 2.75) is 31.7 Å². The zero-order valence-electron chi connectivity index (χ0n) is 11.1. The number of halogens is 2. The summed E-state index contributed by atoms with van der Waals surface area (Å²) in [6.45, 7) is 5.78. The Hall–Kier alpha value is -0.690. The van der Waals surface area contributed by atoms with Gasteiger partial charge in [0.1, 0.15) is 10.7 Å². The van der Waals surface area contributed by atoms with Crippen LogP contribution in [-0.4, -0.2) is 21.0 Å². The lowest BCUT2D eigenvalue weighted by Gasteiger charge is -2.30. The molecule has 0 saturated heterocycles. The van der Waals surface area contributed by atoms with Gasteiger partial charge < -0.3 is 5.73 Å². The first-order valence-electron chi connectivity index (χ1n) is 5.75. The lowest BCUT2D eigenvalue weighted by molar-refractivity contribution is 0.304. The first-order valence-corrected chi connectivity index (χ1v) is 7.61. The van der Waals surface area contributed by atoms with Crippen molar-refractivity contribution >= 4 is 21.6 Å². The van der Waals surface area contributed by atoms with Crippen LogP contribution in [0.5, 0.6) is 0 Å². The Balaban J connectivity index is 3.11. The fourth-order valence-electron chi connectivity index (χ4n) is 1.52. The first-order chi connectivity index (χ1) is 8.58. The monoisotopic (exact) mass is 308 g/mol. The van der Waals surface area contributed by atoms with E-state index in [1.54, 1.807) is 0 Å². The molecule has 1 unspecified atom stereocenters. The smallest absolute Gasteiger partial charge is 0.242 e. The number of hydrogen-bond acceptors (Lipinski definition) is 3. The van der Waals surface area contributed by atoms with E-state index in [2.05, 4.69) is 4.72 Å². The van der Waals surface area contributed by atoms with Crippen molar-refractivity contribution in [3.63, 3.8) is 0 Å². The molecule has 1 rings (SSSR count). The molecule has 0 aliphatic rings. The summed E-state index contributed by atoms with van der Waals surface area (Å²) in [6.07, 6.45) is 0. The summed E-state index contributed by atoms with van der Waals surface area (Å²) in [6, 6.07) is 2.70. The van der Waals surface area contributed by atoms with Gasteiger partial charge in [-0.05, 0) is 23.6 Å². The van der Waals surface area contributed by atoms with Crippen molar-refractivity contribution in [3.05, 3.63) is 29.0 Å². The minimum atomic E-state index is -3.83. The fraction of sp³-hybridized carbons (Fsp3) is 0.500. The first kappa shape index (κ1) is 16.4. The number of benzene rings is 1. The van der Waals surface area contributed by atoms with E-state index in [0.29, 0.717) is 0 Å². The molecular formula is C12H18ClFN2O2S. The molecule has 0 aromatic heterocycles. The van der Waals surface area contributed by atoms with Crippen LogP contribution in [0.15, 0.2) is 23.1 Å². The van der Waals surface area contributed by atoms with Crippen LogP contribution in [0.1, 0.15) is 20.8 Å². The van der Waals surface area contributed by atoms with Gasteiger partial charge in [-0.2, -0.15) is 0 Å². The van der Waals surface area contributed by atoms with Crippen molar-refractivity contribution in [1.82, 2.24) is 4.72 Å². The van der Waals surface area contributed by atoms with Crippen molar-refractivity contribution < 1.29 is 12.8 Å².